The molecule has 1 heterocycles. The Morgan fingerprint density at radius 1 is 1.47 bits per heavy atom. The van der Waals surface area contributed by atoms with E-state index in [0.717, 1.165) is 5.56 Å². The van der Waals surface area contributed by atoms with Gasteiger partial charge < -0.3 is 15.2 Å². The number of primary amides is 1. The molecule has 17 heavy (non-hydrogen) atoms. The van der Waals surface area contributed by atoms with E-state index in [1.54, 1.807) is 12.1 Å². The molecule has 1 aromatic rings. The molecule has 2 rings (SSSR count). The summed E-state index contributed by atoms with van der Waals surface area (Å²) < 4.78 is 11.2. The molecule has 0 aromatic heterocycles. The zero-order chi connectivity index (χ0) is 12.5. The first-order valence-electron chi connectivity index (χ1n) is 5.67. The number of carbonyl (C=O) groups excluding carboxylic acids is 1. The number of nitrogens with two attached hydrogens (primary N) is 1. The van der Waals surface area contributed by atoms with Gasteiger partial charge in [0.15, 0.2) is 5.79 Å². The summed E-state index contributed by atoms with van der Waals surface area (Å²) in [6.45, 7) is 4.31. The van der Waals surface area contributed by atoms with Crippen LogP contribution in [0.3, 0.4) is 0 Å². The van der Waals surface area contributed by atoms with Gasteiger partial charge in [-0.1, -0.05) is 18.2 Å². The fraction of sp³-hybridized carbons (Fsp3) is 0.462. The number of hydrogen-bond donors (Lipinski definition) is 1. The van der Waals surface area contributed by atoms with Crippen LogP contribution >= 0.6 is 0 Å². The van der Waals surface area contributed by atoms with Gasteiger partial charge in [-0.25, -0.2) is 0 Å². The molecule has 1 amide bonds. The van der Waals surface area contributed by atoms with Crippen molar-refractivity contribution in [3.8, 4) is 0 Å². The van der Waals surface area contributed by atoms with Crippen LogP contribution in [0.1, 0.15) is 29.8 Å². The van der Waals surface area contributed by atoms with Crippen LogP contribution in [0.4, 0.5) is 0 Å². The van der Waals surface area contributed by atoms with E-state index in [-0.39, 0.29) is 6.10 Å². The lowest BCUT2D eigenvalue weighted by Gasteiger charge is -2.17. The van der Waals surface area contributed by atoms with Gasteiger partial charge in [0.25, 0.3) is 0 Å². The van der Waals surface area contributed by atoms with Gasteiger partial charge in [-0.15, -0.1) is 0 Å². The standard InChI is InChI=1S/C13H17NO3/c1-13(2)16-8-10(17-13)7-9-5-3-4-6-11(9)12(14)15/h3-6,10H,7-8H2,1-2H3,(H2,14,15). The lowest BCUT2D eigenvalue weighted by Crippen LogP contribution is -2.23. The van der Waals surface area contributed by atoms with Gasteiger partial charge >= 0.3 is 0 Å². The molecule has 4 nitrogen and oxygen atoms in total. The molecule has 1 fully saturated rings. The summed E-state index contributed by atoms with van der Waals surface area (Å²) in [5.74, 6) is -0.939. The molecule has 1 unspecified atom stereocenters. The van der Waals surface area contributed by atoms with Crippen molar-refractivity contribution >= 4 is 5.91 Å². The van der Waals surface area contributed by atoms with Crippen molar-refractivity contribution in [3.05, 3.63) is 35.4 Å². The number of ether oxygens (including phenoxy) is 2. The summed E-state index contributed by atoms with van der Waals surface area (Å²) in [5, 5.41) is 0. The Bertz CT molecular complexity index is 428. The molecule has 1 aliphatic rings. The third-order valence-electron chi connectivity index (χ3n) is 2.80. The van der Waals surface area contributed by atoms with E-state index in [9.17, 15) is 4.79 Å². The smallest absolute Gasteiger partial charge is 0.248 e. The van der Waals surface area contributed by atoms with Crippen molar-refractivity contribution in [1.29, 1.82) is 0 Å². The van der Waals surface area contributed by atoms with Crippen LogP contribution < -0.4 is 5.73 Å². The predicted molar refractivity (Wildman–Crippen MR) is 63.6 cm³/mol. The highest BCUT2D eigenvalue weighted by atomic mass is 16.7. The first kappa shape index (κ1) is 12.1. The van der Waals surface area contributed by atoms with E-state index in [4.69, 9.17) is 15.2 Å². The Morgan fingerprint density at radius 2 is 2.18 bits per heavy atom. The van der Waals surface area contributed by atoms with Crippen LogP contribution in [-0.4, -0.2) is 24.4 Å². The van der Waals surface area contributed by atoms with Crippen molar-refractivity contribution in [3.63, 3.8) is 0 Å². The molecular weight excluding hydrogens is 218 g/mol. The Labute approximate surface area is 101 Å². The van der Waals surface area contributed by atoms with Crippen LogP contribution in [-0.2, 0) is 15.9 Å². The summed E-state index contributed by atoms with van der Waals surface area (Å²) in [6, 6.07) is 7.33. The highest BCUT2D eigenvalue weighted by Gasteiger charge is 2.32. The van der Waals surface area contributed by atoms with Crippen molar-refractivity contribution < 1.29 is 14.3 Å². The van der Waals surface area contributed by atoms with E-state index < -0.39 is 11.7 Å². The first-order chi connectivity index (χ1) is 7.98. The second-order valence-electron chi connectivity index (χ2n) is 4.68. The first-order valence-corrected chi connectivity index (χ1v) is 5.67. The summed E-state index contributed by atoms with van der Waals surface area (Å²) in [6.07, 6.45) is 0.619. The van der Waals surface area contributed by atoms with Crippen LogP contribution in [0.25, 0.3) is 0 Å². The highest BCUT2D eigenvalue weighted by molar-refractivity contribution is 5.94. The van der Waals surface area contributed by atoms with Crippen molar-refractivity contribution in [1.82, 2.24) is 0 Å². The molecule has 0 saturated carbocycles. The van der Waals surface area contributed by atoms with Crippen LogP contribution in [0, 0.1) is 0 Å². The Hall–Kier alpha value is -1.39. The van der Waals surface area contributed by atoms with Gasteiger partial charge in [-0.2, -0.15) is 0 Å². The van der Waals surface area contributed by atoms with Crippen molar-refractivity contribution in [2.75, 3.05) is 6.61 Å². The Morgan fingerprint density at radius 3 is 2.76 bits per heavy atom. The lowest BCUT2D eigenvalue weighted by atomic mass is 10.0. The van der Waals surface area contributed by atoms with Gasteiger partial charge in [0.05, 0.1) is 12.7 Å². The van der Waals surface area contributed by atoms with E-state index in [0.29, 0.717) is 18.6 Å². The van der Waals surface area contributed by atoms with Crippen LogP contribution in [0.15, 0.2) is 24.3 Å². The molecule has 1 aliphatic heterocycles. The SMILES string of the molecule is CC1(C)OCC(Cc2ccccc2C(N)=O)O1. The highest BCUT2D eigenvalue weighted by Crippen LogP contribution is 2.25. The zero-order valence-electron chi connectivity index (χ0n) is 10.1. The largest absolute Gasteiger partial charge is 0.366 e. The van der Waals surface area contributed by atoms with Crippen molar-refractivity contribution in [2.45, 2.75) is 32.2 Å². The summed E-state index contributed by atoms with van der Waals surface area (Å²) in [7, 11) is 0. The van der Waals surface area contributed by atoms with Crippen LogP contribution in [0.2, 0.25) is 0 Å². The molecule has 1 atom stereocenters. The third-order valence-corrected chi connectivity index (χ3v) is 2.80. The molecule has 0 spiro atoms. The second kappa shape index (κ2) is 4.47. The van der Waals surface area contributed by atoms with Gasteiger partial charge in [0.1, 0.15) is 0 Å². The molecule has 4 heteroatoms. The molecular formula is C13H17NO3. The normalized spacial score (nSPS) is 22.6. The average Bonchev–Trinajstić information content (AvgIpc) is 2.58. The quantitative estimate of drug-likeness (QED) is 0.863. The van der Waals surface area contributed by atoms with Crippen LogP contribution in [0.5, 0.6) is 0 Å². The Balaban J connectivity index is 2.12. The fourth-order valence-electron chi connectivity index (χ4n) is 2.05. The van der Waals surface area contributed by atoms with E-state index in [1.165, 1.54) is 0 Å². The van der Waals surface area contributed by atoms with E-state index in [2.05, 4.69) is 0 Å². The topological polar surface area (TPSA) is 61.5 Å². The third kappa shape index (κ3) is 2.84. The van der Waals surface area contributed by atoms with E-state index >= 15 is 0 Å². The summed E-state index contributed by atoms with van der Waals surface area (Å²) >= 11 is 0. The van der Waals surface area contributed by atoms with Gasteiger partial charge in [-0.05, 0) is 25.5 Å². The van der Waals surface area contributed by atoms with Gasteiger partial charge in [0.2, 0.25) is 5.91 Å². The minimum absolute atomic E-state index is 0.0227. The van der Waals surface area contributed by atoms with Crippen molar-refractivity contribution in [2.24, 2.45) is 5.73 Å². The molecule has 1 saturated heterocycles. The maximum absolute atomic E-state index is 11.3. The number of benzene rings is 1. The van der Waals surface area contributed by atoms with E-state index in [1.807, 2.05) is 26.0 Å². The lowest BCUT2D eigenvalue weighted by molar-refractivity contribution is -0.138. The molecule has 1 aromatic carbocycles. The molecule has 0 bridgehead atoms. The number of carbonyl (C=O) groups is 1. The fourth-order valence-corrected chi connectivity index (χ4v) is 2.05. The second-order valence-corrected chi connectivity index (χ2v) is 4.68. The maximum Gasteiger partial charge on any atom is 0.248 e. The average molecular weight is 235 g/mol. The molecule has 0 radical (unpaired) electrons. The van der Waals surface area contributed by atoms with Gasteiger partial charge in [-0.3, -0.25) is 4.79 Å². The number of hydrogen-bond acceptors (Lipinski definition) is 3. The van der Waals surface area contributed by atoms with Gasteiger partial charge in [0, 0.05) is 12.0 Å². The minimum atomic E-state index is -0.535. The number of amides is 1. The molecule has 0 aliphatic carbocycles. The number of rotatable bonds is 3. The summed E-state index contributed by atoms with van der Waals surface area (Å²) in [5.41, 5.74) is 6.80. The molecule has 92 valence electrons. The minimum Gasteiger partial charge on any atom is -0.366 e. The monoisotopic (exact) mass is 235 g/mol. The Kier molecular flexibility index (Phi) is 3.17. The maximum atomic E-state index is 11.3. The summed E-state index contributed by atoms with van der Waals surface area (Å²) in [4.78, 5) is 11.3. The predicted octanol–water partition coefficient (Wildman–Crippen LogP) is 1.48. The zero-order valence-corrected chi connectivity index (χ0v) is 10.1. The molecule has 2 N–H and O–H groups in total.